The Morgan fingerprint density at radius 2 is 1.94 bits per heavy atom. The van der Waals surface area contributed by atoms with Gasteiger partial charge in [0.1, 0.15) is 0 Å². The van der Waals surface area contributed by atoms with Gasteiger partial charge < -0.3 is 14.3 Å². The van der Waals surface area contributed by atoms with E-state index in [4.69, 9.17) is 4.74 Å². The van der Waals surface area contributed by atoms with Crippen molar-refractivity contribution < 1.29 is 4.74 Å². The van der Waals surface area contributed by atoms with E-state index in [9.17, 15) is 9.59 Å². The second kappa shape index (κ2) is 5.01. The number of hydrogen-bond acceptors (Lipinski definition) is 4. The van der Waals surface area contributed by atoms with Crippen molar-refractivity contribution in [3.05, 3.63) is 45.8 Å². The van der Waals surface area contributed by atoms with Gasteiger partial charge >= 0.3 is 11.1 Å². The van der Waals surface area contributed by atoms with Gasteiger partial charge in [-0.15, -0.1) is 6.58 Å². The molecular weight excluding hydrogens is 222 g/mol. The van der Waals surface area contributed by atoms with Crippen LogP contribution in [-0.4, -0.2) is 35.5 Å². The number of hydrogen-bond donors (Lipinski definition) is 0. The van der Waals surface area contributed by atoms with E-state index < -0.39 is 11.1 Å². The maximum Gasteiger partial charge on any atom is 0.334 e. The molecule has 2 rings (SSSR count). The van der Waals surface area contributed by atoms with Gasteiger partial charge in [0.15, 0.2) is 0 Å². The zero-order valence-corrected chi connectivity index (χ0v) is 9.54. The molecule has 2 heterocycles. The molecule has 92 valence electrons. The summed E-state index contributed by atoms with van der Waals surface area (Å²) in [6.45, 7) is 6.26. The Hall–Kier alpha value is -1.82. The van der Waals surface area contributed by atoms with Gasteiger partial charge in [-0.05, 0) is 0 Å². The quantitative estimate of drug-likeness (QED) is 0.508. The topological polar surface area (TPSA) is 56.5 Å². The van der Waals surface area contributed by atoms with Crippen molar-refractivity contribution in [1.82, 2.24) is 9.24 Å². The second-order valence-corrected chi connectivity index (χ2v) is 3.76. The van der Waals surface area contributed by atoms with Crippen molar-refractivity contribution in [3.8, 4) is 0 Å². The predicted molar refractivity (Wildman–Crippen MR) is 63.9 cm³/mol. The molecule has 6 heteroatoms. The van der Waals surface area contributed by atoms with E-state index >= 15 is 0 Å². The van der Waals surface area contributed by atoms with Crippen LogP contribution in [0.4, 0.5) is 0 Å². The average molecular weight is 237 g/mol. The number of morpholine rings is 1. The van der Waals surface area contributed by atoms with Gasteiger partial charge in [0.05, 0.1) is 26.3 Å². The minimum atomic E-state index is -0.531. The molecule has 0 saturated carbocycles. The fraction of sp³-hybridized carbons (Fsp3) is 0.455. The zero-order chi connectivity index (χ0) is 12.3. The van der Waals surface area contributed by atoms with Crippen LogP contribution in [0, 0.1) is 0 Å². The van der Waals surface area contributed by atoms with Gasteiger partial charge in [-0.1, -0.05) is 6.08 Å². The summed E-state index contributed by atoms with van der Waals surface area (Å²) in [6, 6.07) is 0. The van der Waals surface area contributed by atoms with Crippen molar-refractivity contribution in [3.63, 3.8) is 0 Å². The number of allylic oxidation sites excluding steroid dienone is 1. The smallest absolute Gasteiger partial charge is 0.334 e. The summed E-state index contributed by atoms with van der Waals surface area (Å²) in [7, 11) is 0. The minimum Gasteiger partial charge on any atom is -0.378 e. The van der Waals surface area contributed by atoms with Crippen LogP contribution in [0.2, 0.25) is 0 Å². The zero-order valence-electron chi connectivity index (χ0n) is 9.54. The lowest BCUT2D eigenvalue weighted by atomic mass is 10.5. The van der Waals surface area contributed by atoms with E-state index in [1.54, 1.807) is 18.5 Å². The maximum atomic E-state index is 11.9. The number of rotatable bonds is 3. The van der Waals surface area contributed by atoms with Gasteiger partial charge in [0.25, 0.3) is 0 Å². The van der Waals surface area contributed by atoms with Crippen LogP contribution in [0.5, 0.6) is 0 Å². The highest BCUT2D eigenvalue weighted by molar-refractivity contribution is 4.95. The summed E-state index contributed by atoms with van der Waals surface area (Å²) in [4.78, 5) is 23.6. The molecule has 1 aromatic rings. The summed E-state index contributed by atoms with van der Waals surface area (Å²) < 4.78 is 7.91. The van der Waals surface area contributed by atoms with Crippen LogP contribution >= 0.6 is 0 Å². The molecule has 1 aliphatic heterocycles. The molecule has 0 bridgehead atoms. The fourth-order valence-electron chi connectivity index (χ4n) is 1.77. The van der Waals surface area contributed by atoms with E-state index in [-0.39, 0.29) is 0 Å². The molecule has 0 aliphatic carbocycles. The Kier molecular flexibility index (Phi) is 3.43. The maximum absolute atomic E-state index is 11.9. The molecule has 0 amide bonds. The Balaban J connectivity index is 2.36. The Morgan fingerprint density at radius 1 is 1.24 bits per heavy atom. The monoisotopic (exact) mass is 237 g/mol. The van der Waals surface area contributed by atoms with Gasteiger partial charge in [0, 0.05) is 18.9 Å². The molecule has 6 nitrogen and oxygen atoms in total. The Morgan fingerprint density at radius 3 is 2.59 bits per heavy atom. The molecule has 0 unspecified atom stereocenters. The number of nitrogens with zero attached hydrogens (tertiary/aromatic N) is 3. The first-order valence-electron chi connectivity index (χ1n) is 5.50. The molecule has 0 atom stereocenters. The van der Waals surface area contributed by atoms with Crippen molar-refractivity contribution in [2.45, 2.75) is 6.54 Å². The van der Waals surface area contributed by atoms with Crippen LogP contribution in [-0.2, 0) is 11.3 Å². The lowest BCUT2D eigenvalue weighted by molar-refractivity contribution is 0.110. The van der Waals surface area contributed by atoms with Crippen molar-refractivity contribution >= 4 is 0 Å². The summed E-state index contributed by atoms with van der Waals surface area (Å²) in [6.07, 6.45) is 4.79. The van der Waals surface area contributed by atoms with E-state index in [0.717, 1.165) is 0 Å². The molecule has 0 aromatic carbocycles. The van der Waals surface area contributed by atoms with Gasteiger partial charge in [-0.25, -0.2) is 4.68 Å². The van der Waals surface area contributed by atoms with Gasteiger partial charge in [-0.2, -0.15) is 0 Å². The average Bonchev–Trinajstić information content (AvgIpc) is 2.36. The largest absolute Gasteiger partial charge is 0.378 e. The summed E-state index contributed by atoms with van der Waals surface area (Å²) in [5.41, 5.74) is -1.06. The standard InChI is InChI=1S/C11H15N3O3/c1-2-3-12-4-5-14(11(16)10(12)15)13-6-8-17-9-7-13/h2,4-5H,1,3,6-9H2. The molecule has 1 fully saturated rings. The van der Waals surface area contributed by atoms with Crippen LogP contribution in [0.1, 0.15) is 0 Å². The third-order valence-corrected chi connectivity index (χ3v) is 2.66. The van der Waals surface area contributed by atoms with Crippen molar-refractivity contribution in [2.75, 3.05) is 31.3 Å². The molecule has 0 N–H and O–H groups in total. The summed E-state index contributed by atoms with van der Waals surface area (Å²) in [5.74, 6) is 0. The molecule has 1 saturated heterocycles. The van der Waals surface area contributed by atoms with Crippen LogP contribution in [0.25, 0.3) is 0 Å². The normalized spacial score (nSPS) is 15.9. The molecule has 1 aromatic heterocycles. The van der Waals surface area contributed by atoms with E-state index in [2.05, 4.69) is 6.58 Å². The lowest BCUT2D eigenvalue weighted by Gasteiger charge is -2.29. The van der Waals surface area contributed by atoms with Crippen LogP contribution in [0.3, 0.4) is 0 Å². The highest BCUT2D eigenvalue weighted by Crippen LogP contribution is 1.93. The molecule has 17 heavy (non-hydrogen) atoms. The SMILES string of the molecule is C=CCn1ccn(N2CCOCC2)c(=O)c1=O. The van der Waals surface area contributed by atoms with Crippen molar-refractivity contribution in [1.29, 1.82) is 0 Å². The lowest BCUT2D eigenvalue weighted by Crippen LogP contribution is -2.53. The summed E-state index contributed by atoms with van der Waals surface area (Å²) in [5, 5.41) is 1.81. The molecule has 0 spiro atoms. The number of ether oxygens (including phenoxy) is 1. The first-order valence-corrected chi connectivity index (χ1v) is 5.50. The highest BCUT2D eigenvalue weighted by Gasteiger charge is 2.13. The minimum absolute atomic E-state index is 0.345. The second-order valence-electron chi connectivity index (χ2n) is 3.76. The Bertz CT molecular complexity index is 511. The number of aromatic nitrogens is 2. The third kappa shape index (κ3) is 2.31. The first kappa shape index (κ1) is 11.7. The fourth-order valence-corrected chi connectivity index (χ4v) is 1.77. The van der Waals surface area contributed by atoms with Crippen molar-refractivity contribution in [2.24, 2.45) is 0 Å². The van der Waals surface area contributed by atoms with E-state index in [1.165, 1.54) is 9.24 Å². The van der Waals surface area contributed by atoms with E-state index in [1.807, 2.05) is 5.01 Å². The molecular formula is C11H15N3O3. The summed E-state index contributed by atoms with van der Waals surface area (Å²) >= 11 is 0. The van der Waals surface area contributed by atoms with Gasteiger partial charge in [0.2, 0.25) is 0 Å². The van der Waals surface area contributed by atoms with Crippen LogP contribution < -0.4 is 16.1 Å². The molecule has 0 radical (unpaired) electrons. The predicted octanol–water partition coefficient (Wildman–Crippen LogP) is -0.836. The highest BCUT2D eigenvalue weighted by atomic mass is 16.5. The first-order chi connectivity index (χ1) is 8.24. The van der Waals surface area contributed by atoms with E-state index in [0.29, 0.717) is 32.8 Å². The van der Waals surface area contributed by atoms with Crippen LogP contribution in [0.15, 0.2) is 34.6 Å². The molecule has 1 aliphatic rings. The Labute approximate surface area is 98.3 Å². The third-order valence-electron chi connectivity index (χ3n) is 2.66. The van der Waals surface area contributed by atoms with Gasteiger partial charge in [-0.3, -0.25) is 9.59 Å².